The van der Waals surface area contributed by atoms with E-state index in [0.29, 0.717) is 5.56 Å². The second-order valence-electron chi connectivity index (χ2n) is 5.59. The first-order chi connectivity index (χ1) is 12.7. The number of anilines is 1. The number of fused-ring (bicyclic) bond motifs is 1. The van der Waals surface area contributed by atoms with E-state index in [0.717, 1.165) is 22.2 Å². The molecule has 6 nitrogen and oxygen atoms in total. The Morgan fingerprint density at radius 2 is 1.88 bits per heavy atom. The minimum Gasteiger partial charge on any atom is -0.507 e. The number of rotatable bonds is 6. The highest BCUT2D eigenvalue weighted by Crippen LogP contribution is 2.25. The van der Waals surface area contributed by atoms with Crippen LogP contribution < -0.4 is 15.5 Å². The van der Waals surface area contributed by atoms with Gasteiger partial charge in [-0.3, -0.25) is 4.79 Å². The Morgan fingerprint density at radius 1 is 1.12 bits per heavy atom. The number of ether oxygens (including phenoxy) is 1. The standard InChI is InChI=1S/C20H19N3O3/c1-26-16-9-7-15(8-10-16)21-13-20(25)23-22-12-18-17-5-3-2-4-14(17)6-11-19(18)24/h2-12,21,24H,13H2,1H3,(H,23,25). The number of phenolic OH excluding ortho intramolecular Hbond substituents is 1. The number of phenols is 1. The molecule has 0 aliphatic rings. The minimum atomic E-state index is -0.295. The molecule has 0 bridgehead atoms. The summed E-state index contributed by atoms with van der Waals surface area (Å²) in [5, 5.41) is 18.8. The van der Waals surface area contributed by atoms with Crippen LogP contribution in [0.5, 0.6) is 11.5 Å². The number of hydrazone groups is 1. The van der Waals surface area contributed by atoms with Crippen molar-refractivity contribution in [2.75, 3.05) is 19.0 Å². The lowest BCUT2D eigenvalue weighted by Gasteiger charge is -2.07. The van der Waals surface area contributed by atoms with Gasteiger partial charge < -0.3 is 15.2 Å². The van der Waals surface area contributed by atoms with E-state index < -0.39 is 0 Å². The molecule has 0 unspecified atom stereocenters. The van der Waals surface area contributed by atoms with Crippen LogP contribution in [0.3, 0.4) is 0 Å². The molecular weight excluding hydrogens is 330 g/mol. The topological polar surface area (TPSA) is 83.0 Å². The van der Waals surface area contributed by atoms with Gasteiger partial charge in [0.25, 0.3) is 5.91 Å². The number of nitrogens with zero attached hydrogens (tertiary/aromatic N) is 1. The van der Waals surface area contributed by atoms with Gasteiger partial charge in [-0.15, -0.1) is 0 Å². The van der Waals surface area contributed by atoms with E-state index in [1.165, 1.54) is 6.21 Å². The molecule has 0 heterocycles. The van der Waals surface area contributed by atoms with Crippen LogP contribution >= 0.6 is 0 Å². The first kappa shape index (κ1) is 17.3. The van der Waals surface area contributed by atoms with Crippen molar-refractivity contribution in [2.45, 2.75) is 0 Å². The summed E-state index contributed by atoms with van der Waals surface area (Å²) in [7, 11) is 1.60. The van der Waals surface area contributed by atoms with Crippen LogP contribution in [0.15, 0.2) is 65.8 Å². The quantitative estimate of drug-likeness (QED) is 0.472. The zero-order valence-corrected chi connectivity index (χ0v) is 14.3. The zero-order chi connectivity index (χ0) is 18.4. The molecule has 0 saturated heterocycles. The van der Waals surface area contributed by atoms with Crippen LogP contribution in [0, 0.1) is 0 Å². The lowest BCUT2D eigenvalue weighted by Crippen LogP contribution is -2.25. The highest BCUT2D eigenvalue weighted by molar-refractivity contribution is 6.02. The molecule has 0 aliphatic carbocycles. The van der Waals surface area contributed by atoms with Gasteiger partial charge in [-0.25, -0.2) is 5.43 Å². The molecule has 0 aromatic heterocycles. The summed E-state index contributed by atoms with van der Waals surface area (Å²) in [6, 6.07) is 18.4. The average Bonchev–Trinajstić information content (AvgIpc) is 2.68. The van der Waals surface area contributed by atoms with Gasteiger partial charge in [0.1, 0.15) is 11.5 Å². The molecule has 26 heavy (non-hydrogen) atoms. The second-order valence-corrected chi connectivity index (χ2v) is 5.59. The Bertz CT molecular complexity index is 937. The molecule has 3 N–H and O–H groups in total. The zero-order valence-electron chi connectivity index (χ0n) is 14.3. The summed E-state index contributed by atoms with van der Waals surface area (Å²) in [4.78, 5) is 11.9. The number of hydrogen-bond donors (Lipinski definition) is 3. The fourth-order valence-electron chi connectivity index (χ4n) is 2.52. The Morgan fingerprint density at radius 3 is 2.65 bits per heavy atom. The summed E-state index contributed by atoms with van der Waals surface area (Å²) >= 11 is 0. The summed E-state index contributed by atoms with van der Waals surface area (Å²) in [6.07, 6.45) is 1.45. The lowest BCUT2D eigenvalue weighted by molar-refractivity contribution is -0.119. The third-order valence-corrected chi connectivity index (χ3v) is 3.87. The predicted molar refractivity (Wildman–Crippen MR) is 103 cm³/mol. The molecule has 0 aliphatic heterocycles. The maximum atomic E-state index is 11.9. The predicted octanol–water partition coefficient (Wildman–Crippen LogP) is 3.12. The van der Waals surface area contributed by atoms with Crippen molar-refractivity contribution in [3.8, 4) is 11.5 Å². The van der Waals surface area contributed by atoms with Gasteiger partial charge in [-0.2, -0.15) is 5.10 Å². The summed E-state index contributed by atoms with van der Waals surface area (Å²) in [5.41, 5.74) is 3.81. The van der Waals surface area contributed by atoms with E-state index in [2.05, 4.69) is 15.8 Å². The number of carbonyl (C=O) groups is 1. The van der Waals surface area contributed by atoms with E-state index in [-0.39, 0.29) is 18.2 Å². The van der Waals surface area contributed by atoms with E-state index in [1.807, 2.05) is 54.6 Å². The number of methoxy groups -OCH3 is 1. The van der Waals surface area contributed by atoms with Gasteiger partial charge in [0, 0.05) is 11.3 Å². The van der Waals surface area contributed by atoms with E-state index in [9.17, 15) is 9.90 Å². The van der Waals surface area contributed by atoms with E-state index in [1.54, 1.807) is 13.2 Å². The molecule has 1 amide bonds. The third-order valence-electron chi connectivity index (χ3n) is 3.87. The van der Waals surface area contributed by atoms with Crippen molar-refractivity contribution in [1.29, 1.82) is 0 Å². The molecule has 0 saturated carbocycles. The molecule has 3 rings (SSSR count). The first-order valence-electron chi connectivity index (χ1n) is 8.08. The normalized spacial score (nSPS) is 10.8. The molecule has 132 valence electrons. The number of hydrogen-bond acceptors (Lipinski definition) is 5. The largest absolute Gasteiger partial charge is 0.507 e. The average molecular weight is 349 g/mol. The Balaban J connectivity index is 1.60. The van der Waals surface area contributed by atoms with E-state index in [4.69, 9.17) is 4.74 Å². The van der Waals surface area contributed by atoms with Gasteiger partial charge in [0.2, 0.25) is 0 Å². The fraction of sp³-hybridized carbons (Fsp3) is 0.100. The molecule has 0 fully saturated rings. The van der Waals surface area contributed by atoms with Gasteiger partial charge in [0.05, 0.1) is 19.9 Å². The monoisotopic (exact) mass is 349 g/mol. The Kier molecular flexibility index (Phi) is 5.34. The molecule has 6 heteroatoms. The minimum absolute atomic E-state index is 0.0746. The maximum Gasteiger partial charge on any atom is 0.259 e. The summed E-state index contributed by atoms with van der Waals surface area (Å²) < 4.78 is 5.08. The van der Waals surface area contributed by atoms with Crippen molar-refractivity contribution < 1.29 is 14.6 Å². The van der Waals surface area contributed by atoms with Gasteiger partial charge in [0.15, 0.2) is 0 Å². The molecule has 3 aromatic rings. The SMILES string of the molecule is COc1ccc(NCC(=O)NN=Cc2c(O)ccc3ccccc23)cc1. The number of aromatic hydroxyl groups is 1. The van der Waals surface area contributed by atoms with Crippen LogP contribution in [0.1, 0.15) is 5.56 Å². The molecule has 0 radical (unpaired) electrons. The van der Waals surface area contributed by atoms with Crippen LogP contribution in [0.2, 0.25) is 0 Å². The Hall–Kier alpha value is -3.54. The number of amides is 1. The van der Waals surface area contributed by atoms with Crippen LogP contribution in [-0.2, 0) is 4.79 Å². The van der Waals surface area contributed by atoms with Crippen molar-refractivity contribution in [2.24, 2.45) is 5.10 Å². The summed E-state index contributed by atoms with van der Waals surface area (Å²) in [5.74, 6) is 0.564. The smallest absolute Gasteiger partial charge is 0.259 e. The van der Waals surface area contributed by atoms with Crippen molar-refractivity contribution in [1.82, 2.24) is 5.43 Å². The van der Waals surface area contributed by atoms with Crippen LogP contribution in [0.4, 0.5) is 5.69 Å². The molecule has 0 atom stereocenters. The molecular formula is C20H19N3O3. The number of nitrogens with one attached hydrogen (secondary N) is 2. The molecule has 0 spiro atoms. The third kappa shape index (κ3) is 4.10. The second kappa shape index (κ2) is 8.02. The van der Waals surface area contributed by atoms with Crippen LogP contribution in [0.25, 0.3) is 10.8 Å². The highest BCUT2D eigenvalue weighted by Gasteiger charge is 2.05. The van der Waals surface area contributed by atoms with E-state index >= 15 is 0 Å². The number of benzene rings is 3. The maximum absolute atomic E-state index is 11.9. The fourth-order valence-corrected chi connectivity index (χ4v) is 2.52. The van der Waals surface area contributed by atoms with Crippen molar-refractivity contribution in [3.63, 3.8) is 0 Å². The highest BCUT2D eigenvalue weighted by atomic mass is 16.5. The van der Waals surface area contributed by atoms with Gasteiger partial charge >= 0.3 is 0 Å². The summed E-state index contributed by atoms with van der Waals surface area (Å²) in [6.45, 7) is 0.0746. The van der Waals surface area contributed by atoms with Crippen molar-refractivity contribution >= 4 is 28.6 Å². The molecule has 3 aromatic carbocycles. The van der Waals surface area contributed by atoms with Gasteiger partial charge in [-0.05, 0) is 41.1 Å². The van der Waals surface area contributed by atoms with Crippen molar-refractivity contribution in [3.05, 3.63) is 66.2 Å². The van der Waals surface area contributed by atoms with Crippen LogP contribution in [-0.4, -0.2) is 30.9 Å². The lowest BCUT2D eigenvalue weighted by atomic mass is 10.0. The van der Waals surface area contributed by atoms with Gasteiger partial charge in [-0.1, -0.05) is 30.3 Å². The number of carbonyl (C=O) groups excluding carboxylic acids is 1. The first-order valence-corrected chi connectivity index (χ1v) is 8.08. The Labute approximate surface area is 151 Å².